The summed E-state index contributed by atoms with van der Waals surface area (Å²) in [6, 6.07) is 15.1. The van der Waals surface area contributed by atoms with Crippen molar-refractivity contribution in [1.82, 2.24) is 10.2 Å². The highest BCUT2D eigenvalue weighted by Gasteiger charge is 2.43. The van der Waals surface area contributed by atoms with Crippen molar-refractivity contribution in [3.8, 4) is 11.1 Å². The molecule has 0 unspecified atom stereocenters. The van der Waals surface area contributed by atoms with Crippen LogP contribution in [0.15, 0.2) is 48.5 Å². The normalized spacial score (nSPS) is 25.6. The predicted octanol–water partition coefficient (Wildman–Crippen LogP) is 2.74. The Hall–Kier alpha value is -3.39. The maximum Gasteiger partial charge on any atom is 0.407 e. The van der Waals surface area contributed by atoms with Gasteiger partial charge in [0.1, 0.15) is 12.6 Å². The molecule has 8 nitrogen and oxygen atoms in total. The molecule has 34 heavy (non-hydrogen) atoms. The van der Waals surface area contributed by atoms with Crippen molar-refractivity contribution in [3.63, 3.8) is 0 Å². The van der Waals surface area contributed by atoms with Crippen molar-refractivity contribution in [3.05, 3.63) is 59.7 Å². The second kappa shape index (κ2) is 9.10. The molecule has 2 aromatic carbocycles. The number of likely N-dealkylation sites (tertiary alicyclic amines) is 1. The average molecular weight is 465 g/mol. The standard InChI is InChI=1S/C26H28N2O6/c29-17-12-23(25(31)32)28(13-17)24(30)15-9-10-16(11-15)27-26(33)34-14-22-20-7-3-1-5-18(20)19-6-2-4-8-21(19)22/h1-8,15-17,22-23,29H,9-14H2,(H,27,33)(H,31,32)/t15-,16+,17+,23+/m1/s1. The molecule has 1 heterocycles. The van der Waals surface area contributed by atoms with Crippen LogP contribution in [-0.4, -0.2) is 64.4 Å². The number of carbonyl (C=O) groups is 3. The summed E-state index contributed by atoms with van der Waals surface area (Å²) in [6.07, 6.45) is 0.332. The van der Waals surface area contributed by atoms with Crippen molar-refractivity contribution >= 4 is 18.0 Å². The molecule has 2 amide bonds. The van der Waals surface area contributed by atoms with Crippen molar-refractivity contribution in [2.75, 3.05) is 13.2 Å². The molecule has 3 N–H and O–H groups in total. The average Bonchev–Trinajstić information content (AvgIpc) is 3.53. The van der Waals surface area contributed by atoms with E-state index in [0.29, 0.717) is 19.3 Å². The number of nitrogens with one attached hydrogen (secondary N) is 1. The first-order valence-electron chi connectivity index (χ1n) is 11.7. The van der Waals surface area contributed by atoms with E-state index in [4.69, 9.17) is 4.74 Å². The van der Waals surface area contributed by atoms with Gasteiger partial charge in [-0.25, -0.2) is 9.59 Å². The van der Waals surface area contributed by atoms with E-state index in [1.54, 1.807) is 0 Å². The van der Waals surface area contributed by atoms with E-state index in [9.17, 15) is 24.6 Å². The summed E-state index contributed by atoms with van der Waals surface area (Å²) in [5.41, 5.74) is 4.61. The Kier molecular flexibility index (Phi) is 6.00. The number of carbonyl (C=O) groups excluding carboxylic acids is 2. The lowest BCUT2D eigenvalue weighted by atomic mass is 9.98. The zero-order chi connectivity index (χ0) is 23.8. The quantitative estimate of drug-likeness (QED) is 0.627. The van der Waals surface area contributed by atoms with Crippen molar-refractivity contribution < 1.29 is 29.3 Å². The maximum absolute atomic E-state index is 12.9. The number of rotatable bonds is 5. The highest BCUT2D eigenvalue weighted by molar-refractivity contribution is 5.86. The number of fused-ring (bicyclic) bond motifs is 3. The number of hydrogen-bond acceptors (Lipinski definition) is 5. The highest BCUT2D eigenvalue weighted by atomic mass is 16.5. The number of carboxylic acid groups (broad SMARTS) is 1. The third-order valence-corrected chi connectivity index (χ3v) is 7.29. The minimum Gasteiger partial charge on any atom is -0.480 e. The van der Waals surface area contributed by atoms with E-state index in [0.717, 1.165) is 22.3 Å². The van der Waals surface area contributed by atoms with Crippen molar-refractivity contribution in [1.29, 1.82) is 0 Å². The molecule has 5 rings (SSSR count). The molecule has 4 atom stereocenters. The molecule has 0 radical (unpaired) electrons. The van der Waals surface area contributed by atoms with Crippen molar-refractivity contribution in [2.45, 2.75) is 49.8 Å². The Bertz CT molecular complexity index is 1070. The number of nitrogens with zero attached hydrogens (tertiary/aromatic N) is 1. The molecule has 1 saturated heterocycles. The van der Waals surface area contributed by atoms with Gasteiger partial charge in [-0.2, -0.15) is 0 Å². The number of ether oxygens (including phenoxy) is 1. The first kappa shape index (κ1) is 22.4. The smallest absolute Gasteiger partial charge is 0.407 e. The Balaban J connectivity index is 1.16. The molecule has 0 bridgehead atoms. The number of carboxylic acids is 1. The number of aliphatic carboxylic acids is 1. The number of amides is 2. The Labute approximate surface area is 197 Å². The van der Waals surface area contributed by atoms with Crippen LogP contribution < -0.4 is 5.32 Å². The fourth-order valence-electron chi connectivity index (χ4n) is 5.67. The summed E-state index contributed by atoms with van der Waals surface area (Å²) in [7, 11) is 0. The molecule has 1 saturated carbocycles. The molecule has 3 aliphatic rings. The van der Waals surface area contributed by atoms with Crippen LogP contribution >= 0.6 is 0 Å². The number of aliphatic hydroxyl groups is 1. The van der Waals surface area contributed by atoms with Gasteiger partial charge in [-0.15, -0.1) is 0 Å². The molecular weight excluding hydrogens is 436 g/mol. The molecule has 8 heteroatoms. The van der Waals surface area contributed by atoms with E-state index in [1.165, 1.54) is 4.90 Å². The van der Waals surface area contributed by atoms with Crippen LogP contribution in [0.4, 0.5) is 4.79 Å². The van der Waals surface area contributed by atoms with Crippen LogP contribution in [0.3, 0.4) is 0 Å². The number of aliphatic hydroxyl groups excluding tert-OH is 1. The number of β-amino-alcohol motifs (C(OH)–C–C–N with tert-alkyl or cyclic N) is 1. The lowest BCUT2D eigenvalue weighted by molar-refractivity contribution is -0.149. The molecular formula is C26H28N2O6. The summed E-state index contributed by atoms with van der Waals surface area (Å²) < 4.78 is 5.60. The topological polar surface area (TPSA) is 116 Å². The summed E-state index contributed by atoms with van der Waals surface area (Å²) in [6.45, 7) is 0.262. The van der Waals surface area contributed by atoms with Crippen LogP contribution in [-0.2, 0) is 14.3 Å². The molecule has 2 fully saturated rings. The van der Waals surface area contributed by atoms with Gasteiger partial charge in [0.25, 0.3) is 0 Å². The fourth-order valence-corrected chi connectivity index (χ4v) is 5.67. The first-order valence-corrected chi connectivity index (χ1v) is 11.7. The summed E-state index contributed by atoms with van der Waals surface area (Å²) >= 11 is 0. The zero-order valence-corrected chi connectivity index (χ0v) is 18.7. The molecule has 2 aromatic rings. The third kappa shape index (κ3) is 4.14. The van der Waals surface area contributed by atoms with E-state index >= 15 is 0 Å². The highest BCUT2D eigenvalue weighted by Crippen LogP contribution is 2.44. The summed E-state index contributed by atoms with van der Waals surface area (Å²) in [4.78, 5) is 38.2. The number of alkyl carbamates (subject to hydrolysis) is 1. The van der Waals surface area contributed by atoms with Gasteiger partial charge < -0.3 is 25.2 Å². The van der Waals surface area contributed by atoms with Gasteiger partial charge in [0, 0.05) is 30.8 Å². The van der Waals surface area contributed by atoms with Crippen LogP contribution in [0.5, 0.6) is 0 Å². The van der Waals surface area contributed by atoms with Crippen LogP contribution in [0.25, 0.3) is 11.1 Å². The minimum absolute atomic E-state index is 0.0226. The van der Waals surface area contributed by atoms with E-state index in [-0.39, 0.29) is 43.4 Å². The molecule has 1 aliphatic heterocycles. The van der Waals surface area contributed by atoms with Crippen LogP contribution in [0, 0.1) is 5.92 Å². The maximum atomic E-state index is 12.9. The molecule has 178 valence electrons. The summed E-state index contributed by atoms with van der Waals surface area (Å²) in [5, 5.41) is 22.1. The van der Waals surface area contributed by atoms with Gasteiger partial charge in [-0.05, 0) is 41.5 Å². The minimum atomic E-state index is -1.10. The number of benzene rings is 2. The van der Waals surface area contributed by atoms with Gasteiger partial charge in [-0.1, -0.05) is 48.5 Å². The lowest BCUT2D eigenvalue weighted by Gasteiger charge is -2.24. The van der Waals surface area contributed by atoms with Crippen LogP contribution in [0.2, 0.25) is 0 Å². The van der Waals surface area contributed by atoms with Gasteiger partial charge in [0.15, 0.2) is 0 Å². The second-order valence-corrected chi connectivity index (χ2v) is 9.41. The number of hydrogen-bond donors (Lipinski definition) is 3. The largest absolute Gasteiger partial charge is 0.480 e. The third-order valence-electron chi connectivity index (χ3n) is 7.29. The first-order chi connectivity index (χ1) is 16.4. The van der Waals surface area contributed by atoms with Gasteiger partial charge in [-0.3, -0.25) is 4.79 Å². The van der Waals surface area contributed by atoms with E-state index in [2.05, 4.69) is 29.6 Å². The molecule has 0 spiro atoms. The second-order valence-electron chi connectivity index (χ2n) is 9.41. The fraction of sp³-hybridized carbons (Fsp3) is 0.423. The van der Waals surface area contributed by atoms with E-state index < -0.39 is 24.2 Å². The Morgan fingerprint density at radius 1 is 0.971 bits per heavy atom. The zero-order valence-electron chi connectivity index (χ0n) is 18.7. The van der Waals surface area contributed by atoms with E-state index in [1.807, 2.05) is 24.3 Å². The van der Waals surface area contributed by atoms with Crippen LogP contribution in [0.1, 0.15) is 42.7 Å². The molecule has 2 aliphatic carbocycles. The Morgan fingerprint density at radius 3 is 2.26 bits per heavy atom. The monoisotopic (exact) mass is 464 g/mol. The van der Waals surface area contributed by atoms with Gasteiger partial charge in [0.2, 0.25) is 5.91 Å². The Morgan fingerprint density at radius 2 is 1.62 bits per heavy atom. The van der Waals surface area contributed by atoms with Crippen molar-refractivity contribution in [2.24, 2.45) is 5.92 Å². The molecule has 0 aromatic heterocycles. The SMILES string of the molecule is O=C(N[C@H]1CC[C@@H](C(=O)N2C[C@@H](O)C[C@H]2C(=O)O)C1)OCC1c2ccccc2-c2ccccc21. The lowest BCUT2D eigenvalue weighted by Crippen LogP contribution is -2.43. The van der Waals surface area contributed by atoms with Gasteiger partial charge >= 0.3 is 12.1 Å². The van der Waals surface area contributed by atoms with Gasteiger partial charge in [0.05, 0.1) is 6.10 Å². The predicted molar refractivity (Wildman–Crippen MR) is 123 cm³/mol. The summed E-state index contributed by atoms with van der Waals surface area (Å²) in [5.74, 6) is -1.76.